The Kier molecular flexibility index (Phi) is 6.30. The van der Waals surface area contributed by atoms with E-state index in [0.717, 1.165) is 37.1 Å². The number of piperidine rings is 1. The van der Waals surface area contributed by atoms with Crippen molar-refractivity contribution in [1.29, 1.82) is 0 Å². The fourth-order valence-corrected chi connectivity index (χ4v) is 2.37. The Hall–Kier alpha value is -1.26. The maximum absolute atomic E-state index is 12.2. The number of hydrogen-bond acceptors (Lipinski definition) is 3. The minimum atomic E-state index is -0.412. The number of carbonyl (C=O) groups excluding carboxylic acids is 1. The SMILES string of the molecule is COc1ccc(CNC(=O)C2(C)CCCCN2)cc1.Cl. The fraction of sp³-hybridized carbons (Fsp3) is 0.533. The molecule has 1 aliphatic heterocycles. The van der Waals surface area contributed by atoms with Crippen molar-refractivity contribution in [2.45, 2.75) is 38.3 Å². The van der Waals surface area contributed by atoms with Gasteiger partial charge in [-0.15, -0.1) is 12.4 Å². The molecule has 1 unspecified atom stereocenters. The number of benzene rings is 1. The number of ether oxygens (including phenoxy) is 1. The van der Waals surface area contributed by atoms with Crippen molar-refractivity contribution in [3.63, 3.8) is 0 Å². The van der Waals surface area contributed by atoms with Gasteiger partial charge in [0.15, 0.2) is 0 Å². The maximum Gasteiger partial charge on any atom is 0.240 e. The van der Waals surface area contributed by atoms with Crippen molar-refractivity contribution in [2.75, 3.05) is 13.7 Å². The van der Waals surface area contributed by atoms with Crippen LogP contribution in [0.1, 0.15) is 31.7 Å². The van der Waals surface area contributed by atoms with E-state index in [1.807, 2.05) is 31.2 Å². The molecule has 0 spiro atoms. The highest BCUT2D eigenvalue weighted by atomic mass is 35.5. The molecule has 1 aromatic rings. The highest BCUT2D eigenvalue weighted by Crippen LogP contribution is 2.19. The van der Waals surface area contributed by atoms with Crippen LogP contribution >= 0.6 is 12.4 Å². The lowest BCUT2D eigenvalue weighted by molar-refractivity contribution is -0.128. The van der Waals surface area contributed by atoms with E-state index in [9.17, 15) is 4.79 Å². The highest BCUT2D eigenvalue weighted by Gasteiger charge is 2.33. The molecule has 1 heterocycles. The lowest BCUT2D eigenvalue weighted by Gasteiger charge is -2.33. The number of halogens is 1. The van der Waals surface area contributed by atoms with Gasteiger partial charge in [-0.1, -0.05) is 12.1 Å². The van der Waals surface area contributed by atoms with E-state index in [2.05, 4.69) is 10.6 Å². The summed E-state index contributed by atoms with van der Waals surface area (Å²) >= 11 is 0. The topological polar surface area (TPSA) is 50.4 Å². The smallest absolute Gasteiger partial charge is 0.240 e. The summed E-state index contributed by atoms with van der Waals surface area (Å²) in [5.74, 6) is 0.916. The Balaban J connectivity index is 0.00000200. The Morgan fingerprint density at radius 1 is 1.35 bits per heavy atom. The van der Waals surface area contributed by atoms with Gasteiger partial charge in [0, 0.05) is 6.54 Å². The van der Waals surface area contributed by atoms with E-state index in [0.29, 0.717) is 6.54 Å². The van der Waals surface area contributed by atoms with Crippen LogP contribution in [0.3, 0.4) is 0 Å². The Labute approximate surface area is 126 Å². The van der Waals surface area contributed by atoms with Crippen molar-refractivity contribution in [2.24, 2.45) is 0 Å². The molecule has 4 nitrogen and oxygen atoms in total. The molecule has 1 atom stereocenters. The normalized spacial score (nSPS) is 21.7. The molecule has 1 aliphatic rings. The molecule has 20 heavy (non-hydrogen) atoms. The first-order valence-electron chi connectivity index (χ1n) is 6.80. The lowest BCUT2D eigenvalue weighted by atomic mass is 9.90. The van der Waals surface area contributed by atoms with Crippen molar-refractivity contribution in [1.82, 2.24) is 10.6 Å². The van der Waals surface area contributed by atoms with Crippen LogP contribution in [0.15, 0.2) is 24.3 Å². The first-order valence-corrected chi connectivity index (χ1v) is 6.80. The van der Waals surface area contributed by atoms with Crippen LogP contribution in [0.5, 0.6) is 5.75 Å². The van der Waals surface area contributed by atoms with Crippen LogP contribution in [0, 0.1) is 0 Å². The number of carbonyl (C=O) groups is 1. The lowest BCUT2D eigenvalue weighted by Crippen LogP contribution is -2.56. The van der Waals surface area contributed by atoms with Gasteiger partial charge >= 0.3 is 0 Å². The second-order valence-electron chi connectivity index (χ2n) is 5.25. The van der Waals surface area contributed by atoms with Gasteiger partial charge in [-0.25, -0.2) is 0 Å². The summed E-state index contributed by atoms with van der Waals surface area (Å²) < 4.78 is 5.11. The van der Waals surface area contributed by atoms with E-state index in [-0.39, 0.29) is 18.3 Å². The maximum atomic E-state index is 12.2. The average molecular weight is 299 g/mol. The first-order chi connectivity index (χ1) is 9.14. The molecule has 0 saturated carbocycles. The minimum absolute atomic E-state index is 0. The molecule has 0 radical (unpaired) electrons. The largest absolute Gasteiger partial charge is 0.497 e. The standard InChI is InChI=1S/C15H22N2O2.ClH/c1-15(9-3-4-10-17-15)14(18)16-11-12-5-7-13(19-2)8-6-12;/h5-8,17H,3-4,9-11H2,1-2H3,(H,16,18);1H. The monoisotopic (exact) mass is 298 g/mol. The number of rotatable bonds is 4. The summed E-state index contributed by atoms with van der Waals surface area (Å²) in [6.07, 6.45) is 3.17. The van der Waals surface area contributed by atoms with Crippen molar-refractivity contribution >= 4 is 18.3 Å². The average Bonchev–Trinajstić information content (AvgIpc) is 2.46. The second kappa shape index (κ2) is 7.50. The van der Waals surface area contributed by atoms with Crippen LogP contribution in [-0.2, 0) is 11.3 Å². The summed E-state index contributed by atoms with van der Waals surface area (Å²) in [5.41, 5.74) is 0.665. The molecule has 2 N–H and O–H groups in total. The van der Waals surface area contributed by atoms with Crippen molar-refractivity contribution in [3.8, 4) is 5.75 Å². The number of amides is 1. The third kappa shape index (κ3) is 4.12. The van der Waals surface area contributed by atoms with Gasteiger partial charge in [0.05, 0.1) is 12.6 Å². The molecule has 1 fully saturated rings. The fourth-order valence-electron chi connectivity index (χ4n) is 2.37. The zero-order chi connectivity index (χ0) is 13.7. The van der Waals surface area contributed by atoms with Gasteiger partial charge in [0.25, 0.3) is 0 Å². The van der Waals surface area contributed by atoms with E-state index in [1.165, 1.54) is 0 Å². The summed E-state index contributed by atoms with van der Waals surface area (Å²) in [4.78, 5) is 12.2. The summed E-state index contributed by atoms with van der Waals surface area (Å²) in [6, 6.07) is 7.75. The van der Waals surface area contributed by atoms with Crippen molar-refractivity contribution < 1.29 is 9.53 Å². The molecule has 0 aliphatic carbocycles. The van der Waals surface area contributed by atoms with Gasteiger partial charge in [0.2, 0.25) is 5.91 Å². The van der Waals surface area contributed by atoms with Gasteiger partial charge < -0.3 is 15.4 Å². The second-order valence-corrected chi connectivity index (χ2v) is 5.25. The predicted molar refractivity (Wildman–Crippen MR) is 82.3 cm³/mol. The van der Waals surface area contributed by atoms with E-state index < -0.39 is 5.54 Å². The summed E-state index contributed by atoms with van der Waals surface area (Å²) in [7, 11) is 1.65. The van der Waals surface area contributed by atoms with Crippen LogP contribution in [0.2, 0.25) is 0 Å². The van der Waals surface area contributed by atoms with E-state index in [4.69, 9.17) is 4.74 Å². The zero-order valence-electron chi connectivity index (χ0n) is 12.1. The number of methoxy groups -OCH3 is 1. The molecular formula is C15H23ClN2O2. The Morgan fingerprint density at radius 3 is 2.60 bits per heavy atom. The third-order valence-electron chi connectivity index (χ3n) is 3.73. The Morgan fingerprint density at radius 2 is 2.05 bits per heavy atom. The quantitative estimate of drug-likeness (QED) is 0.896. The van der Waals surface area contributed by atoms with E-state index >= 15 is 0 Å². The molecule has 0 aromatic heterocycles. The predicted octanol–water partition coefficient (Wildman–Crippen LogP) is 2.27. The molecule has 0 bridgehead atoms. The Bertz CT molecular complexity index is 428. The van der Waals surface area contributed by atoms with Gasteiger partial charge in [0.1, 0.15) is 5.75 Å². The zero-order valence-corrected chi connectivity index (χ0v) is 12.9. The van der Waals surface area contributed by atoms with Gasteiger partial charge in [-0.05, 0) is 50.4 Å². The van der Waals surface area contributed by atoms with Gasteiger partial charge in [-0.3, -0.25) is 4.79 Å². The number of hydrogen-bond donors (Lipinski definition) is 2. The van der Waals surface area contributed by atoms with Crippen LogP contribution < -0.4 is 15.4 Å². The molecule has 1 saturated heterocycles. The summed E-state index contributed by atoms with van der Waals surface area (Å²) in [6.45, 7) is 3.46. The molecule has 2 rings (SSSR count). The highest BCUT2D eigenvalue weighted by molar-refractivity contribution is 5.86. The van der Waals surface area contributed by atoms with E-state index in [1.54, 1.807) is 7.11 Å². The molecule has 5 heteroatoms. The van der Waals surface area contributed by atoms with Crippen molar-refractivity contribution in [3.05, 3.63) is 29.8 Å². The minimum Gasteiger partial charge on any atom is -0.497 e. The van der Waals surface area contributed by atoms with Crippen LogP contribution in [0.25, 0.3) is 0 Å². The molecule has 112 valence electrons. The summed E-state index contributed by atoms with van der Waals surface area (Å²) in [5, 5.41) is 6.32. The third-order valence-corrected chi connectivity index (χ3v) is 3.73. The number of nitrogens with one attached hydrogen (secondary N) is 2. The first kappa shape index (κ1) is 16.8. The molecule has 1 amide bonds. The molecule has 1 aromatic carbocycles. The van der Waals surface area contributed by atoms with Crippen LogP contribution in [-0.4, -0.2) is 25.1 Å². The van der Waals surface area contributed by atoms with Gasteiger partial charge in [-0.2, -0.15) is 0 Å². The molecular weight excluding hydrogens is 276 g/mol. The van der Waals surface area contributed by atoms with Crippen LogP contribution in [0.4, 0.5) is 0 Å².